The second kappa shape index (κ2) is 11.0. The van der Waals surface area contributed by atoms with Crippen LogP contribution in [0.1, 0.15) is 71.3 Å². The first-order chi connectivity index (χ1) is 14.4. The number of carbonyl (C=O) groups is 2. The van der Waals surface area contributed by atoms with Crippen molar-refractivity contribution in [3.8, 4) is 0 Å². The highest BCUT2D eigenvalue weighted by atomic mass is 19.4. The van der Waals surface area contributed by atoms with Gasteiger partial charge in [-0.05, 0) is 57.9 Å². The van der Waals surface area contributed by atoms with Gasteiger partial charge in [-0.15, -0.1) is 0 Å². The van der Waals surface area contributed by atoms with Crippen molar-refractivity contribution in [2.24, 2.45) is 17.8 Å². The van der Waals surface area contributed by atoms with Crippen LogP contribution in [0.25, 0.3) is 0 Å². The molecule has 0 spiro atoms. The van der Waals surface area contributed by atoms with Gasteiger partial charge in [0.25, 0.3) is 0 Å². The summed E-state index contributed by atoms with van der Waals surface area (Å²) in [7, 11) is 0. The van der Waals surface area contributed by atoms with Gasteiger partial charge in [-0.25, -0.2) is 0 Å². The molecule has 2 unspecified atom stereocenters. The van der Waals surface area contributed by atoms with Gasteiger partial charge in [-0.3, -0.25) is 9.59 Å². The fourth-order valence-electron chi connectivity index (χ4n) is 3.52. The molecule has 0 N–H and O–H groups in total. The SMILES string of the molecule is CC(C)(C)OC(=O)C(CCC1CC1)C(CCCC(F)(F)F)C(=O)OCc1ccccc1. The standard InChI is InChI=1S/C24H33F3O4/c1-23(2,3)31-22(29)20(14-13-17-11-12-17)19(10-7-15-24(25,26)27)21(28)30-16-18-8-5-4-6-9-18/h4-6,8-9,17,19-20H,7,10-16H2,1-3H3. The van der Waals surface area contributed by atoms with Crippen LogP contribution in [-0.4, -0.2) is 23.7 Å². The van der Waals surface area contributed by atoms with E-state index in [1.165, 1.54) is 0 Å². The minimum Gasteiger partial charge on any atom is -0.461 e. The van der Waals surface area contributed by atoms with Crippen LogP contribution >= 0.6 is 0 Å². The minimum atomic E-state index is -4.31. The summed E-state index contributed by atoms with van der Waals surface area (Å²) in [4.78, 5) is 25.9. The Hall–Kier alpha value is -2.05. The molecule has 0 saturated heterocycles. The van der Waals surface area contributed by atoms with Crippen LogP contribution in [0.5, 0.6) is 0 Å². The zero-order valence-electron chi connectivity index (χ0n) is 18.5. The van der Waals surface area contributed by atoms with Crippen LogP contribution < -0.4 is 0 Å². The highest BCUT2D eigenvalue weighted by Crippen LogP contribution is 2.38. The lowest BCUT2D eigenvalue weighted by Gasteiger charge is -2.28. The quantitative estimate of drug-likeness (QED) is 0.382. The van der Waals surface area contributed by atoms with E-state index >= 15 is 0 Å². The van der Waals surface area contributed by atoms with Crippen molar-refractivity contribution < 1.29 is 32.2 Å². The first-order valence-corrected chi connectivity index (χ1v) is 10.9. The molecule has 2 rings (SSSR count). The van der Waals surface area contributed by atoms with Gasteiger partial charge in [-0.1, -0.05) is 43.2 Å². The number of esters is 2. The van der Waals surface area contributed by atoms with Crippen LogP contribution in [0.4, 0.5) is 13.2 Å². The molecule has 7 heteroatoms. The maximum atomic E-state index is 12.9. The zero-order chi connectivity index (χ0) is 23.1. The highest BCUT2D eigenvalue weighted by Gasteiger charge is 2.39. The molecule has 1 aromatic carbocycles. The van der Waals surface area contributed by atoms with Crippen molar-refractivity contribution in [3.05, 3.63) is 35.9 Å². The Labute approximate surface area is 182 Å². The van der Waals surface area contributed by atoms with E-state index in [-0.39, 0.29) is 19.4 Å². The topological polar surface area (TPSA) is 52.6 Å². The maximum absolute atomic E-state index is 12.9. The molecule has 1 saturated carbocycles. The van der Waals surface area contributed by atoms with E-state index in [0.29, 0.717) is 12.3 Å². The average molecular weight is 443 g/mol. The molecule has 4 nitrogen and oxygen atoms in total. The Morgan fingerprint density at radius 3 is 2.16 bits per heavy atom. The summed E-state index contributed by atoms with van der Waals surface area (Å²) in [6.07, 6.45) is -2.29. The van der Waals surface area contributed by atoms with Crippen molar-refractivity contribution in [3.63, 3.8) is 0 Å². The van der Waals surface area contributed by atoms with Crippen LogP contribution in [-0.2, 0) is 25.7 Å². The third-order valence-electron chi connectivity index (χ3n) is 5.28. The molecule has 1 aliphatic rings. The molecule has 1 fully saturated rings. The first-order valence-electron chi connectivity index (χ1n) is 10.9. The maximum Gasteiger partial charge on any atom is 0.389 e. The Balaban J connectivity index is 2.14. The van der Waals surface area contributed by atoms with E-state index in [1.807, 2.05) is 18.2 Å². The lowest BCUT2D eigenvalue weighted by Crippen LogP contribution is -2.36. The van der Waals surface area contributed by atoms with Gasteiger partial charge in [-0.2, -0.15) is 13.2 Å². The highest BCUT2D eigenvalue weighted by molar-refractivity contribution is 5.82. The minimum absolute atomic E-state index is 0.0130. The monoisotopic (exact) mass is 442 g/mol. The van der Waals surface area contributed by atoms with Crippen LogP contribution in [0.3, 0.4) is 0 Å². The molecule has 0 amide bonds. The Bertz CT molecular complexity index is 706. The van der Waals surface area contributed by atoms with Gasteiger partial charge >= 0.3 is 18.1 Å². The Morgan fingerprint density at radius 1 is 1.00 bits per heavy atom. The van der Waals surface area contributed by atoms with E-state index < -0.39 is 42.0 Å². The van der Waals surface area contributed by atoms with Gasteiger partial charge in [0.15, 0.2) is 0 Å². The van der Waals surface area contributed by atoms with E-state index in [1.54, 1.807) is 32.9 Å². The summed E-state index contributed by atoms with van der Waals surface area (Å²) in [5.41, 5.74) is 0.0241. The lowest BCUT2D eigenvalue weighted by molar-refractivity contribution is -0.170. The summed E-state index contributed by atoms with van der Waals surface area (Å²) >= 11 is 0. The molecule has 0 bridgehead atoms. The number of carbonyl (C=O) groups excluding carboxylic acids is 2. The average Bonchev–Trinajstić information content (AvgIpc) is 3.47. The lowest BCUT2D eigenvalue weighted by atomic mass is 9.83. The van der Waals surface area contributed by atoms with Crippen molar-refractivity contribution in [2.45, 2.75) is 84.1 Å². The predicted octanol–water partition coefficient (Wildman–Crippen LogP) is 6.23. The molecule has 0 aromatic heterocycles. The van der Waals surface area contributed by atoms with Crippen LogP contribution in [0, 0.1) is 17.8 Å². The van der Waals surface area contributed by atoms with Gasteiger partial charge in [0.2, 0.25) is 0 Å². The number of ether oxygens (including phenoxy) is 2. The van der Waals surface area contributed by atoms with Gasteiger partial charge < -0.3 is 9.47 Å². The van der Waals surface area contributed by atoms with Crippen LogP contribution in [0.15, 0.2) is 30.3 Å². The molecule has 31 heavy (non-hydrogen) atoms. The number of halogens is 3. The molecule has 1 aromatic rings. The molecular formula is C24H33F3O4. The molecule has 2 atom stereocenters. The largest absolute Gasteiger partial charge is 0.461 e. The first kappa shape index (κ1) is 25.2. The number of hydrogen-bond acceptors (Lipinski definition) is 4. The third-order valence-corrected chi connectivity index (χ3v) is 5.28. The van der Waals surface area contributed by atoms with E-state index in [4.69, 9.17) is 9.47 Å². The number of hydrogen-bond donors (Lipinski definition) is 0. The molecule has 0 heterocycles. The number of rotatable bonds is 11. The van der Waals surface area contributed by atoms with Gasteiger partial charge in [0.05, 0.1) is 11.8 Å². The van der Waals surface area contributed by atoms with Crippen molar-refractivity contribution in [2.75, 3.05) is 0 Å². The van der Waals surface area contributed by atoms with Crippen LogP contribution in [0.2, 0.25) is 0 Å². The second-order valence-corrected chi connectivity index (χ2v) is 9.37. The van der Waals surface area contributed by atoms with E-state index in [2.05, 4.69) is 0 Å². The zero-order valence-corrected chi connectivity index (χ0v) is 18.5. The van der Waals surface area contributed by atoms with E-state index in [9.17, 15) is 22.8 Å². The molecule has 1 aliphatic carbocycles. The smallest absolute Gasteiger partial charge is 0.389 e. The normalized spacial score (nSPS) is 16.5. The molecule has 0 aliphatic heterocycles. The molecular weight excluding hydrogens is 409 g/mol. The summed E-state index contributed by atoms with van der Waals surface area (Å²) in [6, 6.07) is 9.04. The van der Waals surface area contributed by atoms with Crippen molar-refractivity contribution in [1.29, 1.82) is 0 Å². The molecule has 174 valence electrons. The summed E-state index contributed by atoms with van der Waals surface area (Å²) in [6.45, 7) is 5.21. The fourth-order valence-corrected chi connectivity index (χ4v) is 3.52. The summed E-state index contributed by atoms with van der Waals surface area (Å²) < 4.78 is 49.1. The number of alkyl halides is 3. The Morgan fingerprint density at radius 2 is 1.61 bits per heavy atom. The summed E-state index contributed by atoms with van der Waals surface area (Å²) in [5.74, 6) is -2.43. The fraction of sp³-hybridized carbons (Fsp3) is 0.667. The second-order valence-electron chi connectivity index (χ2n) is 9.37. The van der Waals surface area contributed by atoms with Gasteiger partial charge in [0, 0.05) is 6.42 Å². The van der Waals surface area contributed by atoms with Gasteiger partial charge in [0.1, 0.15) is 12.2 Å². The van der Waals surface area contributed by atoms with E-state index in [0.717, 1.165) is 24.8 Å². The summed E-state index contributed by atoms with van der Waals surface area (Å²) in [5, 5.41) is 0. The third kappa shape index (κ3) is 10.2. The van der Waals surface area contributed by atoms with Crippen molar-refractivity contribution >= 4 is 11.9 Å². The number of benzene rings is 1. The Kier molecular flexibility index (Phi) is 8.95. The predicted molar refractivity (Wildman–Crippen MR) is 111 cm³/mol. The molecule has 0 radical (unpaired) electrons. The van der Waals surface area contributed by atoms with Crippen molar-refractivity contribution in [1.82, 2.24) is 0 Å².